The Labute approximate surface area is 78.6 Å². The molecule has 0 atom stereocenters. The maximum Gasteiger partial charge on any atom is 0.296 e. The molecule has 0 radical (unpaired) electrons. The highest BCUT2D eigenvalue weighted by Crippen LogP contribution is 2.37. The molecule has 0 fully saturated rings. The standard InChI is InChI=1S/C6H9N5O3/c7-9-5-3(11(13)14)1-2-4(12)6(5)10-8/h1-2,9-10,12H,7-8H2. The Morgan fingerprint density at radius 1 is 1.29 bits per heavy atom. The van der Waals surface area contributed by atoms with Crippen LogP contribution in [0, 0.1) is 10.1 Å². The molecular weight excluding hydrogens is 190 g/mol. The minimum absolute atomic E-state index is 0.0262. The molecule has 0 aliphatic carbocycles. The Kier molecular flexibility index (Phi) is 2.70. The SMILES string of the molecule is NNc1c(O)ccc([N+](=O)[O-])c1NN. The number of phenolic OH excluding ortho intramolecular Hbond substituents is 1. The van der Waals surface area contributed by atoms with E-state index in [0.717, 1.165) is 12.1 Å². The smallest absolute Gasteiger partial charge is 0.296 e. The van der Waals surface area contributed by atoms with Gasteiger partial charge in [-0.3, -0.25) is 21.8 Å². The topological polar surface area (TPSA) is 139 Å². The van der Waals surface area contributed by atoms with Gasteiger partial charge in [-0.05, 0) is 6.07 Å². The van der Waals surface area contributed by atoms with Crippen molar-refractivity contribution in [2.45, 2.75) is 0 Å². The molecule has 0 heterocycles. The van der Waals surface area contributed by atoms with Gasteiger partial charge in [0.1, 0.15) is 11.4 Å². The van der Waals surface area contributed by atoms with E-state index in [2.05, 4.69) is 10.9 Å². The molecule has 0 amide bonds. The summed E-state index contributed by atoms with van der Waals surface area (Å²) < 4.78 is 0. The number of anilines is 2. The Bertz CT molecular complexity index is 367. The summed E-state index contributed by atoms with van der Waals surface area (Å²) >= 11 is 0. The van der Waals surface area contributed by atoms with Crippen LogP contribution < -0.4 is 22.5 Å². The average molecular weight is 199 g/mol. The first-order chi connectivity index (χ1) is 6.61. The van der Waals surface area contributed by atoms with Crippen LogP contribution in [0.4, 0.5) is 17.1 Å². The third-order valence-corrected chi connectivity index (χ3v) is 1.65. The molecule has 1 aromatic carbocycles. The molecule has 1 rings (SSSR count). The second-order valence-corrected chi connectivity index (χ2v) is 2.40. The second kappa shape index (κ2) is 3.77. The number of nitrogens with zero attached hydrogens (tertiary/aromatic N) is 1. The molecule has 0 unspecified atom stereocenters. The highest BCUT2D eigenvalue weighted by Gasteiger charge is 2.19. The largest absolute Gasteiger partial charge is 0.506 e. The number of hydrogen-bond donors (Lipinski definition) is 5. The van der Waals surface area contributed by atoms with Gasteiger partial charge in [0, 0.05) is 6.07 Å². The van der Waals surface area contributed by atoms with Crippen LogP contribution in [-0.2, 0) is 0 Å². The van der Waals surface area contributed by atoms with Crippen LogP contribution in [0.2, 0.25) is 0 Å². The highest BCUT2D eigenvalue weighted by atomic mass is 16.6. The van der Waals surface area contributed by atoms with E-state index in [1.54, 1.807) is 0 Å². The fourth-order valence-electron chi connectivity index (χ4n) is 1.03. The third kappa shape index (κ3) is 1.51. The molecule has 0 bridgehead atoms. The van der Waals surface area contributed by atoms with Gasteiger partial charge in [-0.2, -0.15) is 0 Å². The number of nitro benzene ring substituents is 1. The van der Waals surface area contributed by atoms with Crippen molar-refractivity contribution < 1.29 is 10.0 Å². The van der Waals surface area contributed by atoms with Gasteiger partial charge in [0.05, 0.1) is 4.92 Å². The molecule has 1 aromatic rings. The average Bonchev–Trinajstić information content (AvgIpc) is 2.16. The number of nitrogens with two attached hydrogens (primary N) is 2. The Balaban J connectivity index is 3.40. The second-order valence-electron chi connectivity index (χ2n) is 2.40. The first kappa shape index (κ1) is 10.0. The van der Waals surface area contributed by atoms with Crippen LogP contribution in [0.25, 0.3) is 0 Å². The minimum atomic E-state index is -0.643. The number of benzene rings is 1. The summed E-state index contributed by atoms with van der Waals surface area (Å²) in [6.07, 6.45) is 0. The molecular formula is C6H9N5O3. The van der Waals surface area contributed by atoms with Crippen LogP contribution in [0.1, 0.15) is 0 Å². The zero-order valence-electron chi connectivity index (χ0n) is 7.02. The van der Waals surface area contributed by atoms with Crippen LogP contribution >= 0.6 is 0 Å². The van der Waals surface area contributed by atoms with Gasteiger partial charge in [0.15, 0.2) is 5.69 Å². The van der Waals surface area contributed by atoms with E-state index in [1.165, 1.54) is 0 Å². The van der Waals surface area contributed by atoms with Crippen LogP contribution in [-0.4, -0.2) is 10.0 Å². The van der Waals surface area contributed by atoms with Gasteiger partial charge in [-0.1, -0.05) is 0 Å². The van der Waals surface area contributed by atoms with Crippen molar-refractivity contribution in [1.29, 1.82) is 0 Å². The lowest BCUT2D eigenvalue weighted by Crippen LogP contribution is -2.15. The maximum absolute atomic E-state index is 10.5. The van der Waals surface area contributed by atoms with Crippen molar-refractivity contribution in [3.8, 4) is 5.75 Å². The first-order valence-corrected chi connectivity index (χ1v) is 3.55. The van der Waals surface area contributed by atoms with Gasteiger partial charge < -0.3 is 16.0 Å². The monoisotopic (exact) mass is 199 g/mol. The highest BCUT2D eigenvalue weighted by molar-refractivity contribution is 5.82. The summed E-state index contributed by atoms with van der Waals surface area (Å²) in [4.78, 5) is 9.88. The fraction of sp³-hybridized carbons (Fsp3) is 0. The molecule has 0 saturated carbocycles. The number of aromatic hydroxyl groups is 1. The van der Waals surface area contributed by atoms with Crippen molar-refractivity contribution in [1.82, 2.24) is 0 Å². The van der Waals surface area contributed by atoms with Gasteiger partial charge >= 0.3 is 0 Å². The summed E-state index contributed by atoms with van der Waals surface area (Å²) in [7, 11) is 0. The zero-order valence-corrected chi connectivity index (χ0v) is 7.02. The van der Waals surface area contributed by atoms with E-state index in [-0.39, 0.29) is 22.8 Å². The van der Waals surface area contributed by atoms with Crippen molar-refractivity contribution in [2.24, 2.45) is 11.7 Å². The lowest BCUT2D eigenvalue weighted by molar-refractivity contribution is -0.383. The van der Waals surface area contributed by atoms with Crippen LogP contribution in [0.5, 0.6) is 5.75 Å². The molecule has 8 heteroatoms. The molecule has 7 N–H and O–H groups in total. The molecule has 14 heavy (non-hydrogen) atoms. The summed E-state index contributed by atoms with van der Waals surface area (Å²) in [5.74, 6) is 9.91. The van der Waals surface area contributed by atoms with Gasteiger partial charge in [-0.25, -0.2) is 0 Å². The van der Waals surface area contributed by atoms with Crippen molar-refractivity contribution >= 4 is 17.1 Å². The van der Waals surface area contributed by atoms with Crippen LogP contribution in [0.3, 0.4) is 0 Å². The van der Waals surface area contributed by atoms with Crippen LogP contribution in [0.15, 0.2) is 12.1 Å². The Morgan fingerprint density at radius 2 is 1.86 bits per heavy atom. The van der Waals surface area contributed by atoms with E-state index >= 15 is 0 Å². The molecule has 76 valence electrons. The van der Waals surface area contributed by atoms with E-state index < -0.39 is 4.92 Å². The Morgan fingerprint density at radius 3 is 2.29 bits per heavy atom. The number of nitrogens with one attached hydrogen (secondary N) is 2. The number of hydrogen-bond acceptors (Lipinski definition) is 7. The molecule has 0 aliphatic rings. The Hall–Kier alpha value is -2.06. The van der Waals surface area contributed by atoms with E-state index in [1.807, 2.05) is 0 Å². The molecule has 0 aromatic heterocycles. The summed E-state index contributed by atoms with van der Waals surface area (Å²) in [6, 6.07) is 2.26. The minimum Gasteiger partial charge on any atom is -0.506 e. The van der Waals surface area contributed by atoms with E-state index in [4.69, 9.17) is 11.7 Å². The number of nitrogen functional groups attached to an aromatic ring is 2. The molecule has 0 saturated heterocycles. The van der Waals surface area contributed by atoms with Gasteiger partial charge in [0.25, 0.3) is 5.69 Å². The van der Waals surface area contributed by atoms with Crippen molar-refractivity contribution in [3.05, 3.63) is 22.2 Å². The lowest BCUT2D eigenvalue weighted by Gasteiger charge is -2.09. The summed E-state index contributed by atoms with van der Waals surface area (Å²) in [5.41, 5.74) is 3.83. The first-order valence-electron chi connectivity index (χ1n) is 3.55. The normalized spacial score (nSPS) is 9.57. The summed E-state index contributed by atoms with van der Waals surface area (Å²) in [6.45, 7) is 0. The van der Waals surface area contributed by atoms with E-state index in [0.29, 0.717) is 0 Å². The maximum atomic E-state index is 10.5. The van der Waals surface area contributed by atoms with Gasteiger partial charge in [-0.15, -0.1) is 0 Å². The van der Waals surface area contributed by atoms with E-state index in [9.17, 15) is 15.2 Å². The number of phenols is 1. The predicted octanol–water partition coefficient (Wildman–Crippen LogP) is -0.128. The van der Waals surface area contributed by atoms with Crippen molar-refractivity contribution in [2.75, 3.05) is 10.9 Å². The quantitative estimate of drug-likeness (QED) is 0.198. The predicted molar refractivity (Wildman–Crippen MR) is 50.4 cm³/mol. The molecule has 8 nitrogen and oxygen atoms in total. The number of rotatable bonds is 3. The molecule has 0 spiro atoms. The van der Waals surface area contributed by atoms with Gasteiger partial charge in [0.2, 0.25) is 0 Å². The fourth-order valence-corrected chi connectivity index (χ4v) is 1.03. The number of hydrazine groups is 2. The van der Waals surface area contributed by atoms with Crippen molar-refractivity contribution in [3.63, 3.8) is 0 Å². The lowest BCUT2D eigenvalue weighted by atomic mass is 10.2. The molecule has 0 aliphatic heterocycles. The summed E-state index contributed by atoms with van der Waals surface area (Å²) in [5, 5.41) is 19.8. The third-order valence-electron chi connectivity index (χ3n) is 1.65. The zero-order chi connectivity index (χ0) is 10.7. The number of nitro groups is 1.